The summed E-state index contributed by atoms with van der Waals surface area (Å²) < 4.78 is 0. The van der Waals surface area contributed by atoms with Gasteiger partial charge in [-0.15, -0.1) is 11.6 Å². The van der Waals surface area contributed by atoms with Crippen molar-refractivity contribution in [3.63, 3.8) is 0 Å². The van der Waals surface area contributed by atoms with Gasteiger partial charge >= 0.3 is 0 Å². The molecule has 0 spiro atoms. The number of likely N-dealkylation sites (N-methyl/N-ethyl adjacent to an activating group) is 1. The molecule has 1 rings (SSSR count). The van der Waals surface area contributed by atoms with E-state index < -0.39 is 0 Å². The molecule has 0 amide bonds. The Morgan fingerprint density at radius 2 is 2.42 bits per heavy atom. The predicted molar refractivity (Wildman–Crippen MR) is 58.2 cm³/mol. The van der Waals surface area contributed by atoms with Gasteiger partial charge in [-0.05, 0) is 19.2 Å². The molecule has 1 unspecified atom stereocenters. The van der Waals surface area contributed by atoms with Gasteiger partial charge in [-0.3, -0.25) is 4.90 Å². The number of allylic oxidation sites excluding steroid dienone is 1. The fraction of sp³-hybridized carbons (Fsp3) is 0.778. The van der Waals surface area contributed by atoms with Crippen molar-refractivity contribution in [3.05, 3.63) is 12.2 Å². The molecule has 1 fully saturated rings. The second-order valence-corrected chi connectivity index (χ2v) is 4.54. The number of rotatable bonds is 4. The molecule has 0 saturated carbocycles. The van der Waals surface area contributed by atoms with Gasteiger partial charge in [-0.2, -0.15) is 11.8 Å². The van der Waals surface area contributed by atoms with Crippen LogP contribution in [0.1, 0.15) is 6.42 Å². The first-order valence-electron chi connectivity index (χ1n) is 4.33. The number of alkyl halides is 1. The minimum Gasteiger partial charge on any atom is -0.299 e. The van der Waals surface area contributed by atoms with Crippen LogP contribution in [0, 0.1) is 0 Å². The third kappa shape index (κ3) is 3.38. The van der Waals surface area contributed by atoms with E-state index >= 15 is 0 Å². The molecule has 1 aliphatic rings. The molecule has 0 aliphatic carbocycles. The van der Waals surface area contributed by atoms with Crippen LogP contribution in [0.5, 0.6) is 0 Å². The summed E-state index contributed by atoms with van der Waals surface area (Å²) in [4.78, 5) is 2.41. The van der Waals surface area contributed by atoms with E-state index in [2.05, 4.69) is 29.8 Å². The molecule has 1 atom stereocenters. The molecule has 3 heteroatoms. The lowest BCUT2D eigenvalue weighted by Gasteiger charge is -2.21. The summed E-state index contributed by atoms with van der Waals surface area (Å²) in [5, 5.41) is 0. The first-order chi connectivity index (χ1) is 5.84. The maximum absolute atomic E-state index is 5.54. The quantitative estimate of drug-likeness (QED) is 0.512. The van der Waals surface area contributed by atoms with Crippen molar-refractivity contribution in [3.8, 4) is 0 Å². The highest BCUT2D eigenvalue weighted by Crippen LogP contribution is 2.20. The Hall–Kier alpha value is 0.340. The summed E-state index contributed by atoms with van der Waals surface area (Å²) in [6, 6.07) is 0.787. The van der Waals surface area contributed by atoms with Crippen molar-refractivity contribution in [2.24, 2.45) is 0 Å². The number of hydrogen-bond donors (Lipinski definition) is 0. The lowest BCUT2D eigenvalue weighted by molar-refractivity contribution is 0.290. The van der Waals surface area contributed by atoms with Gasteiger partial charge in [0, 0.05) is 24.2 Å². The van der Waals surface area contributed by atoms with Gasteiger partial charge in [0.2, 0.25) is 0 Å². The normalized spacial score (nSPS) is 24.4. The minimum atomic E-state index is 0.632. The first kappa shape index (κ1) is 10.4. The Morgan fingerprint density at radius 3 is 3.00 bits per heavy atom. The molecule has 0 bridgehead atoms. The van der Waals surface area contributed by atoms with E-state index in [-0.39, 0.29) is 0 Å². The van der Waals surface area contributed by atoms with E-state index in [1.165, 1.54) is 17.9 Å². The van der Waals surface area contributed by atoms with Crippen molar-refractivity contribution in [1.29, 1.82) is 0 Å². The zero-order valence-electron chi connectivity index (χ0n) is 7.50. The maximum atomic E-state index is 5.54. The molecule has 0 aromatic heterocycles. The van der Waals surface area contributed by atoms with Gasteiger partial charge in [0.1, 0.15) is 0 Å². The van der Waals surface area contributed by atoms with E-state index in [0.29, 0.717) is 5.88 Å². The maximum Gasteiger partial charge on any atom is 0.0404 e. The summed E-state index contributed by atoms with van der Waals surface area (Å²) in [6.07, 6.45) is 5.51. The highest BCUT2D eigenvalue weighted by atomic mass is 35.5. The third-order valence-electron chi connectivity index (χ3n) is 2.18. The van der Waals surface area contributed by atoms with Crippen LogP contribution in [0.15, 0.2) is 12.2 Å². The smallest absolute Gasteiger partial charge is 0.0404 e. The average molecular weight is 206 g/mol. The highest BCUT2D eigenvalue weighted by Gasteiger charge is 2.18. The van der Waals surface area contributed by atoms with E-state index in [1.54, 1.807) is 0 Å². The van der Waals surface area contributed by atoms with Crippen molar-refractivity contribution >= 4 is 23.4 Å². The molecule has 0 N–H and O–H groups in total. The molecule has 12 heavy (non-hydrogen) atoms. The summed E-state index contributed by atoms with van der Waals surface area (Å²) in [6.45, 7) is 1.04. The van der Waals surface area contributed by atoms with Crippen LogP contribution in [0.2, 0.25) is 0 Å². The second-order valence-electron chi connectivity index (χ2n) is 3.08. The lowest BCUT2D eigenvalue weighted by atomic mass is 10.2. The van der Waals surface area contributed by atoms with Crippen LogP contribution in [0.3, 0.4) is 0 Å². The van der Waals surface area contributed by atoms with E-state index in [9.17, 15) is 0 Å². The number of nitrogens with zero attached hydrogens (tertiary/aromatic N) is 1. The standard InChI is InChI=1S/C9H16ClNS/c1-11(6-3-2-5-10)9-4-7-12-8-9/h2-3,9H,4-8H2,1H3. The minimum absolute atomic E-state index is 0.632. The van der Waals surface area contributed by atoms with E-state index in [1.807, 2.05) is 6.08 Å². The van der Waals surface area contributed by atoms with Crippen molar-refractivity contribution in [2.75, 3.05) is 31.0 Å². The van der Waals surface area contributed by atoms with Gasteiger partial charge in [-0.25, -0.2) is 0 Å². The van der Waals surface area contributed by atoms with Gasteiger partial charge in [0.05, 0.1) is 0 Å². The number of hydrogen-bond acceptors (Lipinski definition) is 2. The summed E-state index contributed by atoms with van der Waals surface area (Å²) >= 11 is 7.59. The number of halogens is 1. The molecule has 1 heterocycles. The topological polar surface area (TPSA) is 3.24 Å². The van der Waals surface area contributed by atoms with Crippen LogP contribution >= 0.6 is 23.4 Å². The fourth-order valence-electron chi connectivity index (χ4n) is 1.32. The van der Waals surface area contributed by atoms with Gasteiger partial charge in [-0.1, -0.05) is 12.2 Å². The lowest BCUT2D eigenvalue weighted by Crippen LogP contribution is -2.31. The molecular formula is C9H16ClNS. The van der Waals surface area contributed by atoms with Crippen LogP contribution in [0.25, 0.3) is 0 Å². The Morgan fingerprint density at radius 1 is 1.58 bits per heavy atom. The van der Waals surface area contributed by atoms with Crippen LogP contribution in [-0.2, 0) is 0 Å². The van der Waals surface area contributed by atoms with Gasteiger partial charge in [0.25, 0.3) is 0 Å². The fourth-order valence-corrected chi connectivity index (χ4v) is 2.75. The number of thioether (sulfide) groups is 1. The zero-order chi connectivity index (χ0) is 8.81. The van der Waals surface area contributed by atoms with E-state index in [0.717, 1.165) is 12.6 Å². The van der Waals surface area contributed by atoms with Crippen LogP contribution < -0.4 is 0 Å². The largest absolute Gasteiger partial charge is 0.299 e. The molecule has 1 aliphatic heterocycles. The summed E-state index contributed by atoms with van der Waals surface area (Å²) in [5.41, 5.74) is 0. The molecule has 0 aromatic rings. The SMILES string of the molecule is CN(CC=CCCl)C1CCSC1. The first-order valence-corrected chi connectivity index (χ1v) is 6.02. The zero-order valence-corrected chi connectivity index (χ0v) is 9.07. The third-order valence-corrected chi connectivity index (χ3v) is 3.50. The molecule has 1 nitrogen and oxygen atoms in total. The van der Waals surface area contributed by atoms with E-state index in [4.69, 9.17) is 11.6 Å². The Balaban J connectivity index is 2.17. The molecular weight excluding hydrogens is 190 g/mol. The van der Waals surface area contributed by atoms with Crippen LogP contribution in [0.4, 0.5) is 0 Å². The monoisotopic (exact) mass is 205 g/mol. The molecule has 70 valence electrons. The molecule has 0 radical (unpaired) electrons. The van der Waals surface area contributed by atoms with Crippen molar-refractivity contribution < 1.29 is 0 Å². The van der Waals surface area contributed by atoms with Gasteiger partial charge < -0.3 is 0 Å². The molecule has 1 saturated heterocycles. The predicted octanol–water partition coefficient (Wildman–Crippen LogP) is 2.22. The van der Waals surface area contributed by atoms with Gasteiger partial charge in [0.15, 0.2) is 0 Å². The van der Waals surface area contributed by atoms with Crippen LogP contribution in [-0.4, -0.2) is 41.9 Å². The highest BCUT2D eigenvalue weighted by molar-refractivity contribution is 7.99. The molecule has 0 aromatic carbocycles. The second kappa shape index (κ2) is 5.90. The summed E-state index contributed by atoms with van der Waals surface area (Å²) in [5.74, 6) is 3.26. The average Bonchev–Trinajstić information content (AvgIpc) is 2.56. The Labute approximate surface area is 84.1 Å². The van der Waals surface area contributed by atoms with Crippen molar-refractivity contribution in [2.45, 2.75) is 12.5 Å². The Kier molecular flexibility index (Phi) is 5.12. The Bertz CT molecular complexity index is 143. The van der Waals surface area contributed by atoms with Crippen molar-refractivity contribution in [1.82, 2.24) is 4.90 Å². The summed E-state index contributed by atoms with van der Waals surface area (Å²) in [7, 11) is 2.19.